The Morgan fingerprint density at radius 1 is 0.511 bits per heavy atom. The normalized spacial score (nSPS) is 10.8. The number of fused-ring (bicyclic) bond motifs is 2. The second kappa shape index (κ2) is 12.1. The average molecular weight is 599 g/mol. The lowest BCUT2D eigenvalue weighted by Crippen LogP contribution is -2.12. The molecule has 0 bridgehead atoms. The molecule has 0 fully saturated rings. The minimum absolute atomic E-state index is 0.142. The molecule has 0 aliphatic heterocycles. The van der Waals surface area contributed by atoms with E-state index in [4.69, 9.17) is 9.47 Å². The highest BCUT2D eigenvalue weighted by Gasteiger charge is 2.21. The Balaban J connectivity index is 1.39. The van der Waals surface area contributed by atoms with Crippen LogP contribution in [0.15, 0.2) is 121 Å². The third kappa shape index (κ3) is 5.93. The summed E-state index contributed by atoms with van der Waals surface area (Å²) in [5.74, 6) is -0.772. The van der Waals surface area contributed by atoms with Gasteiger partial charge in [-0.3, -0.25) is 20.2 Å². The molecule has 0 saturated heterocycles. The molecule has 0 saturated carbocycles. The number of non-ortho nitro benzene ring substituents is 2. The number of benzene rings is 6. The second-order valence-electron chi connectivity index (χ2n) is 10.1. The van der Waals surface area contributed by atoms with E-state index in [-0.39, 0.29) is 28.9 Å². The Labute approximate surface area is 255 Å². The van der Waals surface area contributed by atoms with E-state index in [2.05, 4.69) is 0 Å². The van der Waals surface area contributed by atoms with Gasteiger partial charge in [-0.1, -0.05) is 72.8 Å². The van der Waals surface area contributed by atoms with Crippen molar-refractivity contribution in [2.45, 2.75) is 6.42 Å². The van der Waals surface area contributed by atoms with E-state index in [0.29, 0.717) is 33.4 Å². The highest BCUT2D eigenvalue weighted by atomic mass is 16.6. The first-order valence-electron chi connectivity index (χ1n) is 13.7. The monoisotopic (exact) mass is 598 g/mol. The third-order valence-electron chi connectivity index (χ3n) is 7.32. The van der Waals surface area contributed by atoms with Gasteiger partial charge in [0.2, 0.25) is 0 Å². The molecule has 6 rings (SSSR count). The molecule has 0 atom stereocenters. The minimum Gasteiger partial charge on any atom is -0.422 e. The van der Waals surface area contributed by atoms with Gasteiger partial charge < -0.3 is 9.47 Å². The zero-order chi connectivity index (χ0) is 31.5. The highest BCUT2D eigenvalue weighted by molar-refractivity contribution is 5.98. The van der Waals surface area contributed by atoms with Gasteiger partial charge in [-0.2, -0.15) is 0 Å². The van der Waals surface area contributed by atoms with Crippen molar-refractivity contribution in [1.82, 2.24) is 0 Å². The molecule has 0 aliphatic carbocycles. The molecule has 0 spiro atoms. The van der Waals surface area contributed by atoms with Crippen LogP contribution >= 0.6 is 0 Å². The largest absolute Gasteiger partial charge is 0.422 e. The Bertz CT molecular complexity index is 1970. The van der Waals surface area contributed by atoms with Gasteiger partial charge in [0.1, 0.15) is 11.5 Å². The predicted molar refractivity (Wildman–Crippen MR) is 167 cm³/mol. The van der Waals surface area contributed by atoms with E-state index in [9.17, 15) is 29.8 Å². The van der Waals surface area contributed by atoms with Crippen molar-refractivity contribution >= 4 is 44.9 Å². The molecular formula is C35H22N2O8. The van der Waals surface area contributed by atoms with Gasteiger partial charge in [-0.15, -0.1) is 0 Å². The lowest BCUT2D eigenvalue weighted by atomic mass is 9.96. The second-order valence-corrected chi connectivity index (χ2v) is 10.1. The summed E-state index contributed by atoms with van der Waals surface area (Å²) in [6, 6.07) is 32.6. The number of hydrogen-bond donors (Lipinski definition) is 0. The first-order valence-corrected chi connectivity index (χ1v) is 13.7. The molecule has 0 unspecified atom stereocenters. The number of nitro benzene ring substituents is 2. The van der Waals surface area contributed by atoms with Gasteiger partial charge in [0.25, 0.3) is 11.4 Å². The van der Waals surface area contributed by atoms with Gasteiger partial charge in [0, 0.05) is 52.6 Å². The number of nitrogens with zero attached hydrogens (tertiary/aromatic N) is 2. The van der Waals surface area contributed by atoms with Crippen LogP contribution in [0.25, 0.3) is 21.5 Å². The van der Waals surface area contributed by atoms with E-state index in [1.807, 2.05) is 72.8 Å². The molecule has 6 aromatic rings. The maximum atomic E-state index is 13.3. The molecule has 45 heavy (non-hydrogen) atoms. The summed E-state index contributed by atoms with van der Waals surface area (Å²) in [5.41, 5.74) is 1.25. The molecule has 6 aromatic carbocycles. The van der Waals surface area contributed by atoms with Crippen molar-refractivity contribution in [3.8, 4) is 11.5 Å². The van der Waals surface area contributed by atoms with Crippen molar-refractivity contribution in [3.63, 3.8) is 0 Å². The number of hydrogen-bond acceptors (Lipinski definition) is 8. The van der Waals surface area contributed by atoms with Crippen molar-refractivity contribution in [2.24, 2.45) is 0 Å². The van der Waals surface area contributed by atoms with E-state index >= 15 is 0 Å². The van der Waals surface area contributed by atoms with Crippen molar-refractivity contribution in [3.05, 3.63) is 164 Å². The van der Waals surface area contributed by atoms with E-state index in [1.54, 1.807) is 0 Å². The smallest absolute Gasteiger partial charge is 0.343 e. The number of nitro groups is 2. The minimum atomic E-state index is -0.689. The molecular weight excluding hydrogens is 576 g/mol. The molecule has 0 N–H and O–H groups in total. The maximum Gasteiger partial charge on any atom is 0.343 e. The van der Waals surface area contributed by atoms with Crippen molar-refractivity contribution in [2.75, 3.05) is 0 Å². The molecule has 0 heterocycles. The summed E-state index contributed by atoms with van der Waals surface area (Å²) in [6.45, 7) is 0. The fraction of sp³-hybridized carbons (Fsp3) is 0.0286. The summed E-state index contributed by atoms with van der Waals surface area (Å²) in [4.78, 5) is 47.5. The standard InChI is InChI=1S/C35H22N2O8/c38-34(24-13-17-28(18-14-24)36(40)41)44-32-26(11-9-22-5-1-3-7-30(22)32)21-27-12-10-23-6-2-4-8-31(23)33(27)45-35(39)25-15-19-29(20-16-25)37(42)43/h1-20H,21H2. The summed E-state index contributed by atoms with van der Waals surface area (Å²) in [6.07, 6.45) is 0.210. The Kier molecular flexibility index (Phi) is 7.69. The fourth-order valence-corrected chi connectivity index (χ4v) is 5.04. The molecule has 0 aromatic heterocycles. The van der Waals surface area contributed by atoms with Crippen LogP contribution in [0.2, 0.25) is 0 Å². The number of carbonyl (C=O) groups excluding carboxylic acids is 2. The van der Waals surface area contributed by atoms with Crippen LogP contribution < -0.4 is 9.47 Å². The molecule has 10 heteroatoms. The molecule has 0 aliphatic rings. The van der Waals surface area contributed by atoms with Gasteiger partial charge in [-0.25, -0.2) is 9.59 Å². The summed E-state index contributed by atoms with van der Waals surface area (Å²) >= 11 is 0. The lowest BCUT2D eigenvalue weighted by molar-refractivity contribution is -0.385. The number of carbonyl (C=O) groups is 2. The molecule has 220 valence electrons. The fourth-order valence-electron chi connectivity index (χ4n) is 5.04. The zero-order valence-corrected chi connectivity index (χ0v) is 23.4. The Morgan fingerprint density at radius 3 is 1.27 bits per heavy atom. The quantitative estimate of drug-likeness (QED) is 0.0747. The number of rotatable bonds is 8. The predicted octanol–water partition coefficient (Wildman–Crippen LogP) is 7.84. The van der Waals surface area contributed by atoms with Gasteiger partial charge in [0.15, 0.2) is 0 Å². The highest BCUT2D eigenvalue weighted by Crippen LogP contribution is 2.37. The Hall–Kier alpha value is -6.42. The summed E-state index contributed by atoms with van der Waals surface area (Å²) in [7, 11) is 0. The number of esters is 2. The third-order valence-corrected chi connectivity index (χ3v) is 7.32. The van der Waals surface area contributed by atoms with Crippen molar-refractivity contribution in [1.29, 1.82) is 0 Å². The SMILES string of the molecule is O=C(Oc1c(Cc2ccc3ccccc3c2OC(=O)c2ccc([N+](=O)[O-])cc2)ccc2ccccc12)c1ccc([N+](=O)[O-])cc1. The topological polar surface area (TPSA) is 139 Å². The average Bonchev–Trinajstić information content (AvgIpc) is 3.06. The first kappa shape index (κ1) is 28.7. The van der Waals surface area contributed by atoms with Crippen LogP contribution in [-0.4, -0.2) is 21.8 Å². The maximum absolute atomic E-state index is 13.3. The molecule has 0 amide bonds. The molecule has 0 radical (unpaired) electrons. The Morgan fingerprint density at radius 2 is 0.889 bits per heavy atom. The van der Waals surface area contributed by atoms with E-state index < -0.39 is 21.8 Å². The van der Waals surface area contributed by atoms with Crippen molar-refractivity contribution < 1.29 is 28.9 Å². The van der Waals surface area contributed by atoms with Crippen LogP contribution in [0.5, 0.6) is 11.5 Å². The number of ether oxygens (including phenoxy) is 2. The van der Waals surface area contributed by atoms with Gasteiger partial charge >= 0.3 is 11.9 Å². The van der Waals surface area contributed by atoms with Crippen LogP contribution in [-0.2, 0) is 6.42 Å². The van der Waals surface area contributed by atoms with E-state index in [0.717, 1.165) is 10.8 Å². The zero-order valence-electron chi connectivity index (χ0n) is 23.4. The van der Waals surface area contributed by atoms with Crippen LogP contribution in [0, 0.1) is 20.2 Å². The van der Waals surface area contributed by atoms with Crippen LogP contribution in [0.3, 0.4) is 0 Å². The van der Waals surface area contributed by atoms with Gasteiger partial charge in [0.05, 0.1) is 21.0 Å². The lowest BCUT2D eigenvalue weighted by Gasteiger charge is -2.17. The summed E-state index contributed by atoms with van der Waals surface area (Å²) < 4.78 is 11.9. The first-order chi connectivity index (χ1) is 21.8. The molecule has 10 nitrogen and oxygen atoms in total. The summed E-state index contributed by atoms with van der Waals surface area (Å²) in [5, 5.41) is 25.1. The van der Waals surface area contributed by atoms with Crippen LogP contribution in [0.4, 0.5) is 11.4 Å². The van der Waals surface area contributed by atoms with E-state index in [1.165, 1.54) is 48.5 Å². The van der Waals surface area contributed by atoms with Gasteiger partial charge in [-0.05, 0) is 35.0 Å². The van der Waals surface area contributed by atoms with Crippen LogP contribution in [0.1, 0.15) is 31.8 Å².